The third-order valence-corrected chi connectivity index (χ3v) is 2.12. The van der Waals surface area contributed by atoms with Crippen molar-refractivity contribution >= 4 is 16.8 Å². The second kappa shape index (κ2) is 2.41. The summed E-state index contributed by atoms with van der Waals surface area (Å²) in [5.74, 6) is 0. The van der Waals surface area contributed by atoms with Crippen molar-refractivity contribution in [3.63, 3.8) is 0 Å². The zero-order valence-corrected chi connectivity index (χ0v) is 7.14. The molecule has 0 aliphatic heterocycles. The van der Waals surface area contributed by atoms with Gasteiger partial charge in [0.05, 0.1) is 0 Å². The summed E-state index contributed by atoms with van der Waals surface area (Å²) in [6.07, 6.45) is 4.94. The van der Waals surface area contributed by atoms with Crippen LogP contribution in [0.5, 0.6) is 0 Å². The zero-order chi connectivity index (χ0) is 9.54. The number of fused-ring (bicyclic) bond motifs is 3. The lowest BCUT2D eigenvalue weighted by Crippen LogP contribution is -2.10. The van der Waals surface area contributed by atoms with Crippen LogP contribution in [0.25, 0.3) is 16.8 Å². The first-order valence-electron chi connectivity index (χ1n) is 4.16. The molecule has 0 radical (unpaired) electrons. The minimum atomic E-state index is -0.150. The van der Waals surface area contributed by atoms with Crippen molar-refractivity contribution in [2.24, 2.45) is 0 Å². The van der Waals surface area contributed by atoms with Crippen molar-refractivity contribution in [2.45, 2.75) is 0 Å². The third kappa shape index (κ3) is 0.806. The second-order valence-corrected chi connectivity index (χ2v) is 2.95. The lowest BCUT2D eigenvalue weighted by Gasteiger charge is -1.98. The van der Waals surface area contributed by atoms with Crippen LogP contribution in [-0.4, -0.2) is 19.4 Å². The van der Waals surface area contributed by atoms with Gasteiger partial charge in [0, 0.05) is 18.6 Å². The molecule has 14 heavy (non-hydrogen) atoms. The van der Waals surface area contributed by atoms with E-state index in [1.165, 1.54) is 0 Å². The highest BCUT2D eigenvalue weighted by molar-refractivity contribution is 5.69. The van der Waals surface area contributed by atoms with Crippen LogP contribution in [0, 0.1) is 0 Å². The largest absolute Gasteiger partial charge is 0.302 e. The average molecular weight is 186 g/mol. The Morgan fingerprint density at radius 2 is 2.14 bits per heavy atom. The quantitative estimate of drug-likeness (QED) is 0.558. The van der Waals surface area contributed by atoms with Crippen LogP contribution >= 0.6 is 0 Å². The van der Waals surface area contributed by atoms with Gasteiger partial charge in [-0.25, -0.2) is 9.97 Å². The van der Waals surface area contributed by atoms with Crippen LogP contribution in [0.15, 0.2) is 35.5 Å². The van der Waals surface area contributed by atoms with Gasteiger partial charge in [-0.2, -0.15) is 0 Å². The molecule has 0 amide bonds. The lowest BCUT2D eigenvalue weighted by molar-refractivity contribution is 1.10. The van der Waals surface area contributed by atoms with E-state index in [-0.39, 0.29) is 5.56 Å². The van der Waals surface area contributed by atoms with E-state index in [4.69, 9.17) is 0 Å². The maximum atomic E-state index is 11.5. The standard InChI is InChI=1S/C9H6N4O/c14-9-6-2-1-5-13(6)8-7(12-9)10-3-4-11-8/h1-5H,(H,10,12,14). The third-order valence-electron chi connectivity index (χ3n) is 2.12. The minimum absolute atomic E-state index is 0.150. The lowest BCUT2D eigenvalue weighted by atomic mass is 10.5. The molecular weight excluding hydrogens is 180 g/mol. The van der Waals surface area contributed by atoms with Crippen molar-refractivity contribution in [1.29, 1.82) is 0 Å². The molecule has 0 aliphatic carbocycles. The van der Waals surface area contributed by atoms with Crippen LogP contribution in [0.1, 0.15) is 0 Å². The molecule has 5 nitrogen and oxygen atoms in total. The number of aromatic nitrogens is 4. The van der Waals surface area contributed by atoms with Gasteiger partial charge in [-0.15, -0.1) is 0 Å². The van der Waals surface area contributed by atoms with Gasteiger partial charge in [0.15, 0.2) is 11.3 Å². The summed E-state index contributed by atoms with van der Waals surface area (Å²) in [5.41, 5.74) is 1.59. The number of hydrogen-bond donors (Lipinski definition) is 1. The van der Waals surface area contributed by atoms with Crippen molar-refractivity contribution in [3.05, 3.63) is 41.1 Å². The highest BCUT2D eigenvalue weighted by Crippen LogP contribution is 2.06. The van der Waals surface area contributed by atoms with Crippen molar-refractivity contribution in [3.8, 4) is 0 Å². The van der Waals surface area contributed by atoms with E-state index < -0.39 is 0 Å². The van der Waals surface area contributed by atoms with Crippen LogP contribution < -0.4 is 5.56 Å². The van der Waals surface area contributed by atoms with Gasteiger partial charge in [-0.05, 0) is 12.1 Å². The van der Waals surface area contributed by atoms with Gasteiger partial charge >= 0.3 is 0 Å². The summed E-state index contributed by atoms with van der Waals surface area (Å²) < 4.78 is 1.72. The maximum Gasteiger partial charge on any atom is 0.273 e. The zero-order valence-electron chi connectivity index (χ0n) is 7.14. The van der Waals surface area contributed by atoms with E-state index in [0.29, 0.717) is 16.8 Å². The van der Waals surface area contributed by atoms with Crippen molar-refractivity contribution in [2.75, 3.05) is 0 Å². The smallest absolute Gasteiger partial charge is 0.273 e. The molecule has 3 aromatic rings. The average Bonchev–Trinajstić information content (AvgIpc) is 2.67. The molecule has 3 heterocycles. The summed E-state index contributed by atoms with van der Waals surface area (Å²) in [5, 5.41) is 0. The van der Waals surface area contributed by atoms with E-state index in [9.17, 15) is 4.79 Å². The molecule has 0 aliphatic rings. The van der Waals surface area contributed by atoms with Gasteiger partial charge in [0.25, 0.3) is 5.56 Å². The van der Waals surface area contributed by atoms with Crippen LogP contribution in [-0.2, 0) is 0 Å². The summed E-state index contributed by atoms with van der Waals surface area (Å²) in [4.78, 5) is 22.4. The van der Waals surface area contributed by atoms with Gasteiger partial charge in [0.2, 0.25) is 0 Å². The number of H-pyrrole nitrogens is 1. The predicted octanol–water partition coefficient (Wildman–Crippen LogP) is 0.571. The monoisotopic (exact) mass is 186 g/mol. The van der Waals surface area contributed by atoms with Gasteiger partial charge in [-0.1, -0.05) is 0 Å². The molecule has 5 heteroatoms. The van der Waals surface area contributed by atoms with Crippen molar-refractivity contribution < 1.29 is 0 Å². The minimum Gasteiger partial charge on any atom is -0.302 e. The van der Waals surface area contributed by atoms with E-state index in [2.05, 4.69) is 15.0 Å². The molecule has 0 saturated heterocycles. The highest BCUT2D eigenvalue weighted by atomic mass is 16.1. The van der Waals surface area contributed by atoms with Crippen molar-refractivity contribution in [1.82, 2.24) is 19.4 Å². The summed E-state index contributed by atoms with van der Waals surface area (Å²) >= 11 is 0. The normalized spacial score (nSPS) is 11.1. The van der Waals surface area contributed by atoms with E-state index >= 15 is 0 Å². The summed E-state index contributed by atoms with van der Waals surface area (Å²) in [7, 11) is 0. The van der Waals surface area contributed by atoms with E-state index in [0.717, 1.165) is 0 Å². The van der Waals surface area contributed by atoms with Crippen LogP contribution in [0.3, 0.4) is 0 Å². The Morgan fingerprint density at radius 3 is 3.07 bits per heavy atom. The first-order valence-corrected chi connectivity index (χ1v) is 4.16. The molecular formula is C9H6N4O. The molecule has 1 N–H and O–H groups in total. The Bertz CT molecular complexity index is 667. The Labute approximate surface area is 78.1 Å². The molecule has 0 bridgehead atoms. The first-order chi connectivity index (χ1) is 6.86. The molecule has 3 rings (SSSR count). The molecule has 0 aromatic carbocycles. The number of aromatic amines is 1. The fraction of sp³-hybridized carbons (Fsp3) is 0. The predicted molar refractivity (Wildman–Crippen MR) is 51.1 cm³/mol. The van der Waals surface area contributed by atoms with Gasteiger partial charge in [0.1, 0.15) is 5.52 Å². The second-order valence-electron chi connectivity index (χ2n) is 2.95. The molecule has 0 saturated carbocycles. The Balaban J connectivity index is 2.73. The van der Waals surface area contributed by atoms with Crippen LogP contribution in [0.2, 0.25) is 0 Å². The molecule has 68 valence electrons. The topological polar surface area (TPSA) is 63.0 Å². The highest BCUT2D eigenvalue weighted by Gasteiger charge is 2.04. The van der Waals surface area contributed by atoms with E-state index in [1.54, 1.807) is 35.1 Å². The number of hydrogen-bond acceptors (Lipinski definition) is 3. The van der Waals surface area contributed by atoms with Crippen LogP contribution in [0.4, 0.5) is 0 Å². The fourth-order valence-corrected chi connectivity index (χ4v) is 1.52. The first kappa shape index (κ1) is 7.25. The molecule has 0 spiro atoms. The summed E-state index contributed by atoms with van der Waals surface area (Å²) in [6, 6.07) is 3.55. The Kier molecular flexibility index (Phi) is 1.25. The SMILES string of the molecule is O=c1[nH]c2nccnc2n2cccc12. The van der Waals surface area contributed by atoms with E-state index in [1.807, 2.05) is 0 Å². The summed E-state index contributed by atoms with van der Waals surface area (Å²) in [6.45, 7) is 0. The molecule has 0 atom stereocenters. The Morgan fingerprint density at radius 1 is 1.29 bits per heavy atom. The molecule has 0 fully saturated rings. The number of nitrogens with one attached hydrogen (secondary N) is 1. The molecule has 3 aromatic heterocycles. The van der Waals surface area contributed by atoms with Gasteiger partial charge < -0.3 is 4.98 Å². The fourth-order valence-electron chi connectivity index (χ4n) is 1.52. The number of nitrogens with zero attached hydrogens (tertiary/aromatic N) is 3. The Hall–Kier alpha value is -2.17. The number of rotatable bonds is 0. The van der Waals surface area contributed by atoms with Gasteiger partial charge in [-0.3, -0.25) is 9.20 Å². The molecule has 0 unspecified atom stereocenters. The maximum absolute atomic E-state index is 11.5.